The number of hydrogen-bond acceptors (Lipinski definition) is 2. The molecule has 0 unspecified atom stereocenters. The van der Waals surface area contributed by atoms with Crippen LogP contribution in [0.2, 0.25) is 0 Å². The highest BCUT2D eigenvalue weighted by Gasteiger charge is 2.35. The van der Waals surface area contributed by atoms with Crippen molar-refractivity contribution in [3.8, 4) is 0 Å². The first-order chi connectivity index (χ1) is 10.8. The summed E-state index contributed by atoms with van der Waals surface area (Å²) in [5.41, 5.74) is 2.30. The molecule has 0 saturated heterocycles. The van der Waals surface area contributed by atoms with Crippen LogP contribution in [0.1, 0.15) is 66.7 Å². The van der Waals surface area contributed by atoms with Crippen LogP contribution in [0.15, 0.2) is 35.1 Å². The molecule has 3 nitrogen and oxygen atoms in total. The van der Waals surface area contributed by atoms with Gasteiger partial charge in [-0.25, -0.2) is 0 Å². The van der Waals surface area contributed by atoms with Gasteiger partial charge in [-0.15, -0.1) is 0 Å². The zero-order chi connectivity index (χ0) is 17.0. The first-order valence-corrected chi connectivity index (χ1v) is 8.88. The van der Waals surface area contributed by atoms with Gasteiger partial charge in [-0.1, -0.05) is 45.9 Å². The maximum atomic E-state index is 12.0. The van der Waals surface area contributed by atoms with Gasteiger partial charge in [-0.05, 0) is 25.3 Å². The van der Waals surface area contributed by atoms with Crippen LogP contribution in [-0.2, 0) is 9.53 Å². The molecule has 2 rings (SSSR count). The average Bonchev–Trinajstić information content (AvgIpc) is 2.46. The van der Waals surface area contributed by atoms with Crippen molar-refractivity contribution in [3.05, 3.63) is 35.1 Å². The van der Waals surface area contributed by atoms with Crippen LogP contribution in [-0.4, -0.2) is 18.1 Å². The fraction of sp³-hybridized carbons (Fsp3) is 0.650. The molecule has 0 radical (unpaired) electrons. The lowest BCUT2D eigenvalue weighted by Gasteiger charge is -2.38. The summed E-state index contributed by atoms with van der Waals surface area (Å²) in [5.74, 6) is 1.26. The van der Waals surface area contributed by atoms with Crippen molar-refractivity contribution in [1.82, 2.24) is 5.32 Å². The van der Waals surface area contributed by atoms with Crippen molar-refractivity contribution in [2.45, 2.75) is 78.9 Å². The molecule has 0 aromatic carbocycles. The summed E-state index contributed by atoms with van der Waals surface area (Å²) in [6.45, 7) is 10.1. The normalized spacial score (nSPS) is 25.2. The van der Waals surface area contributed by atoms with Crippen LogP contribution in [0.4, 0.5) is 0 Å². The highest BCUT2D eigenvalue weighted by Crippen LogP contribution is 2.33. The van der Waals surface area contributed by atoms with E-state index in [1.807, 2.05) is 20.8 Å². The molecule has 0 aliphatic heterocycles. The average molecular weight is 317 g/mol. The Morgan fingerprint density at radius 3 is 2.65 bits per heavy atom. The summed E-state index contributed by atoms with van der Waals surface area (Å²) in [6.07, 6.45) is 11.8. The van der Waals surface area contributed by atoms with E-state index in [0.717, 1.165) is 37.9 Å². The molecule has 1 saturated carbocycles. The third kappa shape index (κ3) is 4.49. The second-order valence-corrected chi connectivity index (χ2v) is 7.58. The Kier molecular flexibility index (Phi) is 5.72. The molecule has 23 heavy (non-hydrogen) atoms. The summed E-state index contributed by atoms with van der Waals surface area (Å²) in [5, 5.41) is 3.12. The fourth-order valence-electron chi connectivity index (χ4n) is 2.98. The predicted octanol–water partition coefficient (Wildman–Crippen LogP) is 4.66. The molecular weight excluding hydrogens is 286 g/mol. The van der Waals surface area contributed by atoms with Crippen LogP contribution in [0.5, 0.6) is 0 Å². The molecule has 1 N–H and O–H groups in total. The number of ether oxygens (including phenoxy) is 1. The zero-order valence-electron chi connectivity index (χ0n) is 15.2. The Labute approximate surface area is 140 Å². The number of nitrogens with one attached hydrogen (secondary N) is 1. The van der Waals surface area contributed by atoms with Crippen molar-refractivity contribution in [3.63, 3.8) is 0 Å². The fourth-order valence-corrected chi connectivity index (χ4v) is 2.98. The molecule has 3 heteroatoms. The highest BCUT2D eigenvalue weighted by molar-refractivity contribution is 5.81. The number of carbonyl (C=O) groups is 1. The Morgan fingerprint density at radius 1 is 1.39 bits per heavy atom. The van der Waals surface area contributed by atoms with Crippen molar-refractivity contribution < 1.29 is 9.53 Å². The number of rotatable bonds is 5. The first-order valence-electron chi connectivity index (χ1n) is 8.88. The third-order valence-corrected chi connectivity index (χ3v) is 4.62. The van der Waals surface area contributed by atoms with Crippen LogP contribution >= 0.6 is 0 Å². The largest absolute Gasteiger partial charge is 0.494 e. The second-order valence-electron chi connectivity index (χ2n) is 7.58. The lowest BCUT2D eigenvalue weighted by molar-refractivity contribution is -0.130. The molecule has 0 aromatic rings. The monoisotopic (exact) mass is 317 g/mol. The van der Waals surface area contributed by atoms with E-state index in [2.05, 4.69) is 37.4 Å². The molecule has 0 spiro atoms. The zero-order valence-corrected chi connectivity index (χ0v) is 15.2. The van der Waals surface area contributed by atoms with Crippen molar-refractivity contribution in [2.24, 2.45) is 5.41 Å². The Morgan fingerprint density at radius 2 is 2.09 bits per heavy atom. The van der Waals surface area contributed by atoms with Gasteiger partial charge in [-0.2, -0.15) is 0 Å². The maximum Gasteiger partial charge on any atom is 0.225 e. The minimum absolute atomic E-state index is 0.128. The van der Waals surface area contributed by atoms with Gasteiger partial charge >= 0.3 is 0 Å². The lowest BCUT2D eigenvalue weighted by Crippen LogP contribution is -2.50. The van der Waals surface area contributed by atoms with Crippen LogP contribution in [0, 0.1) is 5.41 Å². The van der Waals surface area contributed by atoms with Crippen molar-refractivity contribution >= 4 is 5.91 Å². The van der Waals surface area contributed by atoms with E-state index >= 15 is 0 Å². The van der Waals surface area contributed by atoms with Crippen molar-refractivity contribution in [1.29, 1.82) is 0 Å². The van der Waals surface area contributed by atoms with Gasteiger partial charge in [0.1, 0.15) is 11.9 Å². The molecule has 0 heterocycles. The lowest BCUT2D eigenvalue weighted by atomic mass is 9.86. The smallest absolute Gasteiger partial charge is 0.225 e. The van der Waals surface area contributed by atoms with Gasteiger partial charge < -0.3 is 10.1 Å². The number of allylic oxidation sites excluding steroid dienone is 6. The van der Waals surface area contributed by atoms with Gasteiger partial charge in [0.15, 0.2) is 0 Å². The maximum absolute atomic E-state index is 12.0. The van der Waals surface area contributed by atoms with Gasteiger partial charge in [0, 0.05) is 36.3 Å². The summed E-state index contributed by atoms with van der Waals surface area (Å²) in [6, 6.07) is 0.266. The Balaban J connectivity index is 1.91. The second kappa shape index (κ2) is 7.37. The van der Waals surface area contributed by atoms with E-state index in [1.165, 1.54) is 11.1 Å². The summed E-state index contributed by atoms with van der Waals surface area (Å²) in [7, 11) is 0. The molecule has 2 aliphatic carbocycles. The van der Waals surface area contributed by atoms with Crippen molar-refractivity contribution in [2.75, 3.05) is 0 Å². The standard InChI is InChI=1S/C20H31NO2/c1-6-14(7-2)17-10-8-9-11-18(17)23-16-12-15(13-16)21-19(22)20(3,4)5/h6,8,10,15-16H,7,9,11-13H2,1-5H3,(H,21,22). The van der Waals surface area contributed by atoms with Gasteiger partial charge in [0.25, 0.3) is 0 Å². The van der Waals surface area contributed by atoms with E-state index in [0.29, 0.717) is 0 Å². The molecule has 0 aromatic heterocycles. The summed E-state index contributed by atoms with van der Waals surface area (Å²) in [4.78, 5) is 12.0. The molecule has 1 amide bonds. The van der Waals surface area contributed by atoms with Gasteiger partial charge in [0.05, 0.1) is 0 Å². The van der Waals surface area contributed by atoms with E-state index < -0.39 is 0 Å². The SMILES string of the molecule is CC=C(CC)C1=C(OC2CC(NC(=O)C(C)(C)C)C2)CCC=C1. The van der Waals surface area contributed by atoms with E-state index in [4.69, 9.17) is 4.74 Å². The quantitative estimate of drug-likeness (QED) is 0.801. The Hall–Kier alpha value is -1.51. The predicted molar refractivity (Wildman–Crippen MR) is 94.9 cm³/mol. The molecular formula is C20H31NO2. The van der Waals surface area contributed by atoms with E-state index in [-0.39, 0.29) is 23.5 Å². The molecule has 1 fully saturated rings. The minimum Gasteiger partial charge on any atom is -0.494 e. The Bertz CT molecular complexity index is 528. The van der Waals surface area contributed by atoms with Crippen LogP contribution < -0.4 is 5.32 Å². The highest BCUT2D eigenvalue weighted by atomic mass is 16.5. The number of amides is 1. The molecule has 2 aliphatic rings. The van der Waals surface area contributed by atoms with Gasteiger partial charge in [0.2, 0.25) is 5.91 Å². The third-order valence-electron chi connectivity index (χ3n) is 4.62. The summed E-state index contributed by atoms with van der Waals surface area (Å²) < 4.78 is 6.26. The van der Waals surface area contributed by atoms with Crippen LogP contribution in [0.3, 0.4) is 0 Å². The van der Waals surface area contributed by atoms with Crippen LogP contribution in [0.25, 0.3) is 0 Å². The number of carbonyl (C=O) groups excluding carboxylic acids is 1. The molecule has 0 atom stereocenters. The van der Waals surface area contributed by atoms with Gasteiger partial charge in [-0.3, -0.25) is 4.79 Å². The minimum atomic E-state index is -0.322. The molecule has 128 valence electrons. The van der Waals surface area contributed by atoms with E-state index in [9.17, 15) is 4.79 Å². The number of hydrogen-bond donors (Lipinski definition) is 1. The first kappa shape index (κ1) is 17.8. The summed E-state index contributed by atoms with van der Waals surface area (Å²) >= 11 is 0. The van der Waals surface area contributed by atoms with E-state index in [1.54, 1.807) is 0 Å². The molecule has 0 bridgehead atoms. The topological polar surface area (TPSA) is 38.3 Å².